The van der Waals surface area contributed by atoms with Gasteiger partial charge in [-0.25, -0.2) is 4.79 Å². The number of esters is 1. The minimum atomic E-state index is -0.765. The van der Waals surface area contributed by atoms with Gasteiger partial charge in [0.2, 0.25) is 0 Å². The molecule has 0 saturated heterocycles. The average molecular weight is 395 g/mol. The first-order chi connectivity index (χ1) is 13.9. The molecule has 0 bridgehead atoms. The van der Waals surface area contributed by atoms with Gasteiger partial charge in [0.1, 0.15) is 17.1 Å². The summed E-state index contributed by atoms with van der Waals surface area (Å²) in [7, 11) is 0. The topological polar surface area (TPSA) is 70.0 Å². The van der Waals surface area contributed by atoms with E-state index in [-0.39, 0.29) is 29.5 Å². The first kappa shape index (κ1) is 20.8. The van der Waals surface area contributed by atoms with Crippen LogP contribution in [0.1, 0.15) is 39.2 Å². The van der Waals surface area contributed by atoms with Gasteiger partial charge in [0.25, 0.3) is 0 Å². The molecule has 1 aliphatic rings. The summed E-state index contributed by atoms with van der Waals surface area (Å²) in [6.45, 7) is 6.50. The molecular formula is C24H29NO4. The van der Waals surface area contributed by atoms with Crippen molar-refractivity contribution < 1.29 is 19.7 Å². The van der Waals surface area contributed by atoms with Crippen LogP contribution in [0.2, 0.25) is 0 Å². The van der Waals surface area contributed by atoms with Crippen molar-refractivity contribution >= 4 is 11.7 Å². The number of carbonyl (C=O) groups is 1. The van der Waals surface area contributed by atoms with Crippen LogP contribution in [-0.2, 0) is 16.0 Å². The second kappa shape index (κ2) is 8.60. The van der Waals surface area contributed by atoms with E-state index in [1.54, 1.807) is 17.0 Å². The van der Waals surface area contributed by atoms with E-state index >= 15 is 0 Å². The predicted octanol–water partition coefficient (Wildman–Crippen LogP) is 4.96. The molecule has 1 unspecified atom stereocenters. The third kappa shape index (κ3) is 4.39. The van der Waals surface area contributed by atoms with Crippen LogP contribution in [0.15, 0.2) is 66.1 Å². The number of benzene rings is 2. The highest BCUT2D eigenvalue weighted by atomic mass is 16.6. The minimum Gasteiger partial charge on any atom is -0.510 e. The van der Waals surface area contributed by atoms with Crippen molar-refractivity contribution in [2.24, 2.45) is 5.92 Å². The van der Waals surface area contributed by atoms with Gasteiger partial charge in [-0.15, -0.1) is 0 Å². The first-order valence-electron chi connectivity index (χ1n) is 10.1. The Labute approximate surface area is 172 Å². The summed E-state index contributed by atoms with van der Waals surface area (Å²) >= 11 is 0. The van der Waals surface area contributed by atoms with Gasteiger partial charge in [-0.3, -0.25) is 0 Å². The number of likely N-dealkylation sites (N-methyl/N-ethyl adjacent to an activating group) is 1. The summed E-state index contributed by atoms with van der Waals surface area (Å²) in [5.74, 6) is -0.147. The molecular weight excluding hydrogens is 366 g/mol. The van der Waals surface area contributed by atoms with E-state index < -0.39 is 11.6 Å². The third-order valence-electron chi connectivity index (χ3n) is 5.71. The molecule has 1 atom stereocenters. The molecule has 0 fully saturated rings. The standard InChI is InChI=1S/C24H29NO4/c1-4-25(19-8-6-5-7-9-19)22-21(27)16-24(17(2)3,29-23(22)28)15-14-18-10-12-20(26)13-11-18/h5-13,17,26-27H,4,14-16H2,1-3H3. The summed E-state index contributed by atoms with van der Waals surface area (Å²) in [6, 6.07) is 16.6. The summed E-state index contributed by atoms with van der Waals surface area (Å²) < 4.78 is 6.02. The van der Waals surface area contributed by atoms with E-state index in [1.165, 1.54) is 0 Å². The molecule has 29 heavy (non-hydrogen) atoms. The fraction of sp³-hybridized carbons (Fsp3) is 0.375. The van der Waals surface area contributed by atoms with Crippen LogP contribution >= 0.6 is 0 Å². The lowest BCUT2D eigenvalue weighted by atomic mass is 9.79. The molecule has 1 heterocycles. The van der Waals surface area contributed by atoms with E-state index in [9.17, 15) is 15.0 Å². The zero-order valence-corrected chi connectivity index (χ0v) is 17.3. The lowest BCUT2D eigenvalue weighted by Gasteiger charge is -2.42. The van der Waals surface area contributed by atoms with Gasteiger partial charge < -0.3 is 19.8 Å². The zero-order valence-electron chi connectivity index (χ0n) is 17.3. The number of cyclic esters (lactones) is 1. The molecule has 0 amide bonds. The molecule has 0 spiro atoms. The molecule has 5 heteroatoms. The number of aryl methyl sites for hydroxylation is 1. The maximum absolute atomic E-state index is 13.0. The number of ether oxygens (including phenoxy) is 1. The van der Waals surface area contributed by atoms with Crippen LogP contribution < -0.4 is 4.90 Å². The van der Waals surface area contributed by atoms with Gasteiger partial charge in [0, 0.05) is 18.7 Å². The fourth-order valence-electron chi connectivity index (χ4n) is 3.87. The number of rotatable bonds is 7. The maximum Gasteiger partial charge on any atom is 0.359 e. The van der Waals surface area contributed by atoms with Crippen LogP contribution in [-0.4, -0.2) is 28.3 Å². The monoisotopic (exact) mass is 395 g/mol. The number of hydrogen-bond acceptors (Lipinski definition) is 5. The molecule has 0 radical (unpaired) electrons. The quantitative estimate of drug-likeness (QED) is 0.648. The van der Waals surface area contributed by atoms with Gasteiger partial charge in [-0.1, -0.05) is 44.2 Å². The normalized spacial score (nSPS) is 19.4. The molecule has 0 aliphatic carbocycles. The fourth-order valence-corrected chi connectivity index (χ4v) is 3.87. The third-order valence-corrected chi connectivity index (χ3v) is 5.71. The number of nitrogens with zero attached hydrogens (tertiary/aromatic N) is 1. The number of aromatic hydroxyl groups is 1. The Kier molecular flexibility index (Phi) is 6.16. The van der Waals surface area contributed by atoms with Crippen LogP contribution in [0.25, 0.3) is 0 Å². The Bertz CT molecular complexity index is 874. The molecule has 5 nitrogen and oxygen atoms in total. The number of phenolic OH excluding ortho intramolecular Hbond substituents is 1. The van der Waals surface area contributed by atoms with E-state index in [1.807, 2.05) is 63.2 Å². The van der Waals surface area contributed by atoms with E-state index in [2.05, 4.69) is 0 Å². The first-order valence-corrected chi connectivity index (χ1v) is 10.1. The largest absolute Gasteiger partial charge is 0.510 e. The molecule has 2 aromatic carbocycles. The van der Waals surface area contributed by atoms with E-state index in [0.29, 0.717) is 19.4 Å². The average Bonchev–Trinajstić information content (AvgIpc) is 2.71. The number of hydrogen-bond donors (Lipinski definition) is 2. The maximum atomic E-state index is 13.0. The van der Waals surface area contributed by atoms with Crippen molar-refractivity contribution in [1.29, 1.82) is 0 Å². The van der Waals surface area contributed by atoms with Gasteiger partial charge in [0.15, 0.2) is 5.70 Å². The number of para-hydroxylation sites is 1. The number of carbonyl (C=O) groups excluding carboxylic acids is 1. The van der Waals surface area contributed by atoms with Crippen molar-refractivity contribution in [2.45, 2.75) is 45.6 Å². The Morgan fingerprint density at radius 1 is 1.07 bits per heavy atom. The van der Waals surface area contributed by atoms with Crippen molar-refractivity contribution in [3.8, 4) is 5.75 Å². The minimum absolute atomic E-state index is 0.0408. The Balaban J connectivity index is 1.87. The highest BCUT2D eigenvalue weighted by Gasteiger charge is 2.45. The highest BCUT2D eigenvalue weighted by Crippen LogP contribution is 2.40. The Morgan fingerprint density at radius 2 is 1.72 bits per heavy atom. The summed E-state index contributed by atoms with van der Waals surface area (Å²) in [6.07, 6.45) is 1.56. The molecule has 2 aromatic rings. The lowest BCUT2D eigenvalue weighted by Crippen LogP contribution is -2.47. The predicted molar refractivity (Wildman–Crippen MR) is 114 cm³/mol. The van der Waals surface area contributed by atoms with E-state index in [4.69, 9.17) is 4.74 Å². The van der Waals surface area contributed by atoms with Crippen LogP contribution in [0.4, 0.5) is 5.69 Å². The molecule has 1 aliphatic heterocycles. The number of aliphatic hydroxyl groups excluding tert-OH is 1. The lowest BCUT2D eigenvalue weighted by molar-refractivity contribution is -0.166. The summed E-state index contributed by atoms with van der Waals surface area (Å²) in [5.41, 5.74) is 1.35. The summed E-state index contributed by atoms with van der Waals surface area (Å²) in [4.78, 5) is 14.8. The Morgan fingerprint density at radius 3 is 2.28 bits per heavy atom. The van der Waals surface area contributed by atoms with Crippen LogP contribution in [0.3, 0.4) is 0 Å². The van der Waals surface area contributed by atoms with Gasteiger partial charge in [0.05, 0.1) is 0 Å². The molecule has 3 rings (SSSR count). The molecule has 2 N–H and O–H groups in total. The van der Waals surface area contributed by atoms with E-state index in [0.717, 1.165) is 11.3 Å². The Hall–Kier alpha value is -2.95. The molecule has 0 aromatic heterocycles. The van der Waals surface area contributed by atoms with Crippen molar-refractivity contribution in [3.63, 3.8) is 0 Å². The van der Waals surface area contributed by atoms with Gasteiger partial charge >= 0.3 is 5.97 Å². The SMILES string of the molecule is CCN(C1=C(O)CC(CCc2ccc(O)cc2)(C(C)C)OC1=O)c1ccccc1. The number of anilines is 1. The summed E-state index contributed by atoms with van der Waals surface area (Å²) in [5, 5.41) is 20.4. The van der Waals surface area contributed by atoms with Gasteiger partial charge in [-0.05, 0) is 55.5 Å². The highest BCUT2D eigenvalue weighted by molar-refractivity contribution is 5.94. The number of aliphatic hydroxyl groups is 1. The van der Waals surface area contributed by atoms with Crippen molar-refractivity contribution in [3.05, 3.63) is 71.6 Å². The van der Waals surface area contributed by atoms with Crippen LogP contribution in [0, 0.1) is 5.92 Å². The second-order valence-electron chi connectivity index (χ2n) is 7.83. The van der Waals surface area contributed by atoms with Gasteiger partial charge in [-0.2, -0.15) is 0 Å². The molecule has 0 saturated carbocycles. The molecule has 154 valence electrons. The van der Waals surface area contributed by atoms with Crippen molar-refractivity contribution in [1.82, 2.24) is 0 Å². The smallest absolute Gasteiger partial charge is 0.359 e. The second-order valence-corrected chi connectivity index (χ2v) is 7.83. The number of phenols is 1. The van der Waals surface area contributed by atoms with Crippen molar-refractivity contribution in [2.75, 3.05) is 11.4 Å². The zero-order chi connectivity index (χ0) is 21.0. The van der Waals surface area contributed by atoms with Crippen LogP contribution in [0.5, 0.6) is 5.75 Å².